The predicted octanol–water partition coefficient (Wildman–Crippen LogP) is 3.34. The van der Waals surface area contributed by atoms with E-state index in [1.807, 2.05) is 24.3 Å². The lowest BCUT2D eigenvalue weighted by atomic mass is 9.97. The van der Waals surface area contributed by atoms with Crippen molar-refractivity contribution in [3.8, 4) is 12.1 Å². The van der Waals surface area contributed by atoms with Crippen LogP contribution in [0.25, 0.3) is 0 Å². The standard InChI is InChI=1S/C24H31N5O6/c1-23(16-25,12-3-5-20(30)31)28-29-24(2,17-26)15-22(33)34-13-4-6-21(32)35-14-11-18-7-9-19(27)10-8-18/h7-10H,3-6,11-15,27H2,1-2H3,(H,30,31). The number of rotatable bonds is 15. The maximum Gasteiger partial charge on any atom is 0.309 e. The normalized spacial score (nSPS) is 14.2. The van der Waals surface area contributed by atoms with Crippen molar-refractivity contribution in [2.45, 2.75) is 69.9 Å². The summed E-state index contributed by atoms with van der Waals surface area (Å²) in [5.74, 6) is -2.10. The van der Waals surface area contributed by atoms with Crippen LogP contribution in [0.5, 0.6) is 0 Å². The third kappa shape index (κ3) is 12.2. The lowest BCUT2D eigenvalue weighted by Crippen LogP contribution is -2.27. The van der Waals surface area contributed by atoms with Gasteiger partial charge in [-0.3, -0.25) is 14.4 Å². The molecule has 0 spiro atoms. The number of carbonyl (C=O) groups excluding carboxylic acids is 2. The molecule has 3 N–H and O–H groups in total. The number of ether oxygens (including phenoxy) is 2. The summed E-state index contributed by atoms with van der Waals surface area (Å²) >= 11 is 0. The van der Waals surface area contributed by atoms with E-state index in [9.17, 15) is 24.9 Å². The number of aliphatic carboxylic acids is 1. The lowest BCUT2D eigenvalue weighted by molar-refractivity contribution is -0.148. The molecule has 0 bridgehead atoms. The van der Waals surface area contributed by atoms with Crippen molar-refractivity contribution in [1.82, 2.24) is 0 Å². The Hall–Kier alpha value is -3.99. The molecule has 1 aromatic rings. The molecule has 2 unspecified atom stereocenters. The van der Waals surface area contributed by atoms with Crippen LogP contribution in [0, 0.1) is 22.7 Å². The number of esters is 2. The van der Waals surface area contributed by atoms with E-state index in [4.69, 9.17) is 20.3 Å². The highest BCUT2D eigenvalue weighted by Gasteiger charge is 2.31. The van der Waals surface area contributed by atoms with Crippen LogP contribution in [-0.2, 0) is 30.3 Å². The Morgan fingerprint density at radius 2 is 1.54 bits per heavy atom. The van der Waals surface area contributed by atoms with Crippen molar-refractivity contribution in [3.63, 3.8) is 0 Å². The summed E-state index contributed by atoms with van der Waals surface area (Å²) in [4.78, 5) is 34.6. The number of nitrogens with zero attached hydrogens (tertiary/aromatic N) is 4. The Labute approximate surface area is 204 Å². The Morgan fingerprint density at radius 3 is 2.14 bits per heavy atom. The smallest absolute Gasteiger partial charge is 0.309 e. The molecule has 0 radical (unpaired) electrons. The van der Waals surface area contributed by atoms with Crippen molar-refractivity contribution in [3.05, 3.63) is 29.8 Å². The van der Waals surface area contributed by atoms with Gasteiger partial charge in [0.1, 0.15) is 0 Å². The van der Waals surface area contributed by atoms with Crippen LogP contribution >= 0.6 is 0 Å². The molecule has 0 amide bonds. The van der Waals surface area contributed by atoms with Gasteiger partial charge in [0.2, 0.25) is 0 Å². The Bertz CT molecular complexity index is 982. The maximum atomic E-state index is 12.1. The number of nitrogen functional groups attached to an aromatic ring is 1. The average Bonchev–Trinajstić information content (AvgIpc) is 2.81. The number of carboxylic acid groups (broad SMARTS) is 1. The third-order valence-electron chi connectivity index (χ3n) is 4.94. The Kier molecular flexibility index (Phi) is 11.9. The SMILES string of the molecule is CC(C#N)(CCCC(=O)O)N=NC(C)(C#N)CC(=O)OCCCC(=O)OCCc1ccc(N)cc1. The van der Waals surface area contributed by atoms with Crippen LogP contribution in [0.15, 0.2) is 34.5 Å². The second kappa shape index (κ2) is 14.3. The van der Waals surface area contributed by atoms with Gasteiger partial charge in [-0.1, -0.05) is 12.1 Å². The van der Waals surface area contributed by atoms with Gasteiger partial charge < -0.3 is 20.3 Å². The fraction of sp³-hybridized carbons (Fsp3) is 0.542. The Morgan fingerprint density at radius 1 is 0.943 bits per heavy atom. The van der Waals surface area contributed by atoms with Crippen molar-refractivity contribution in [2.24, 2.45) is 10.2 Å². The summed E-state index contributed by atoms with van der Waals surface area (Å²) in [5.41, 5.74) is 4.41. The van der Waals surface area contributed by atoms with Crippen LogP contribution in [-0.4, -0.2) is 47.3 Å². The first-order valence-corrected chi connectivity index (χ1v) is 11.1. The molecule has 0 aliphatic rings. The summed E-state index contributed by atoms with van der Waals surface area (Å²) in [6.45, 7) is 3.05. The molecule has 0 aromatic heterocycles. The van der Waals surface area contributed by atoms with E-state index in [2.05, 4.69) is 10.2 Å². The maximum absolute atomic E-state index is 12.1. The molecule has 1 rings (SSSR count). The highest BCUT2D eigenvalue weighted by Crippen LogP contribution is 2.23. The molecule has 0 saturated heterocycles. The second-order valence-electron chi connectivity index (χ2n) is 8.43. The summed E-state index contributed by atoms with van der Waals surface area (Å²) in [6.07, 6.45) is 0.733. The van der Waals surface area contributed by atoms with Gasteiger partial charge in [0.05, 0.1) is 31.8 Å². The zero-order valence-corrected chi connectivity index (χ0v) is 20.0. The number of benzene rings is 1. The summed E-state index contributed by atoms with van der Waals surface area (Å²) in [5, 5.41) is 35.3. The van der Waals surface area contributed by atoms with Gasteiger partial charge in [0.15, 0.2) is 11.1 Å². The quantitative estimate of drug-likeness (QED) is 0.162. The zero-order valence-electron chi connectivity index (χ0n) is 20.0. The van der Waals surface area contributed by atoms with E-state index >= 15 is 0 Å². The molecule has 11 nitrogen and oxygen atoms in total. The number of carboxylic acids is 1. The van der Waals surface area contributed by atoms with E-state index in [1.165, 1.54) is 13.8 Å². The highest BCUT2D eigenvalue weighted by atomic mass is 16.5. The average molecular weight is 486 g/mol. The minimum Gasteiger partial charge on any atom is -0.481 e. The molecule has 0 aliphatic heterocycles. The molecule has 11 heteroatoms. The zero-order chi connectivity index (χ0) is 26.3. The number of hydrogen-bond donors (Lipinski definition) is 2. The minimum absolute atomic E-state index is 0.0321. The first-order chi connectivity index (χ1) is 16.5. The first kappa shape index (κ1) is 29.0. The van der Waals surface area contributed by atoms with Gasteiger partial charge in [0.25, 0.3) is 0 Å². The fourth-order valence-corrected chi connectivity index (χ4v) is 2.80. The van der Waals surface area contributed by atoms with E-state index in [1.54, 1.807) is 12.1 Å². The number of azo groups is 1. The molecule has 0 saturated carbocycles. The highest BCUT2D eigenvalue weighted by molar-refractivity contribution is 5.72. The van der Waals surface area contributed by atoms with Gasteiger partial charge in [0, 0.05) is 24.9 Å². The number of anilines is 1. The summed E-state index contributed by atoms with van der Waals surface area (Å²) in [7, 11) is 0. The van der Waals surface area contributed by atoms with Crippen LogP contribution in [0.3, 0.4) is 0 Å². The topological polar surface area (TPSA) is 188 Å². The van der Waals surface area contributed by atoms with Gasteiger partial charge in [-0.25, -0.2) is 0 Å². The summed E-state index contributed by atoms with van der Waals surface area (Å²) in [6, 6.07) is 11.1. The molecule has 0 aliphatic carbocycles. The summed E-state index contributed by atoms with van der Waals surface area (Å²) < 4.78 is 10.2. The molecule has 0 fully saturated rings. The third-order valence-corrected chi connectivity index (χ3v) is 4.94. The van der Waals surface area contributed by atoms with Crippen LogP contribution in [0.2, 0.25) is 0 Å². The molecule has 2 atom stereocenters. The fourth-order valence-electron chi connectivity index (χ4n) is 2.80. The molecule has 35 heavy (non-hydrogen) atoms. The van der Waals surface area contributed by atoms with E-state index in [0.717, 1.165) is 5.56 Å². The van der Waals surface area contributed by atoms with E-state index < -0.39 is 35.4 Å². The second-order valence-corrected chi connectivity index (χ2v) is 8.43. The Balaban J connectivity index is 2.38. The van der Waals surface area contributed by atoms with Crippen molar-refractivity contribution >= 4 is 23.6 Å². The number of hydrogen-bond acceptors (Lipinski definition) is 10. The monoisotopic (exact) mass is 485 g/mol. The van der Waals surface area contributed by atoms with E-state index in [-0.39, 0.29) is 45.3 Å². The molecule has 188 valence electrons. The molecule has 1 aromatic carbocycles. The molecular weight excluding hydrogens is 454 g/mol. The van der Waals surface area contributed by atoms with Gasteiger partial charge in [-0.05, 0) is 50.8 Å². The molecular formula is C24H31N5O6. The van der Waals surface area contributed by atoms with Crippen molar-refractivity contribution < 1.29 is 29.0 Å². The number of carbonyl (C=O) groups is 3. The van der Waals surface area contributed by atoms with Crippen molar-refractivity contribution in [1.29, 1.82) is 10.5 Å². The van der Waals surface area contributed by atoms with Crippen molar-refractivity contribution in [2.75, 3.05) is 18.9 Å². The van der Waals surface area contributed by atoms with E-state index in [0.29, 0.717) is 12.1 Å². The number of nitriles is 2. The van der Waals surface area contributed by atoms with Crippen LogP contribution in [0.4, 0.5) is 5.69 Å². The van der Waals surface area contributed by atoms with Gasteiger partial charge >= 0.3 is 17.9 Å². The first-order valence-electron chi connectivity index (χ1n) is 11.1. The predicted molar refractivity (Wildman–Crippen MR) is 125 cm³/mol. The van der Waals surface area contributed by atoms with Crippen LogP contribution in [0.1, 0.15) is 57.9 Å². The van der Waals surface area contributed by atoms with Crippen LogP contribution < -0.4 is 5.73 Å². The lowest BCUT2D eigenvalue weighted by Gasteiger charge is -2.19. The van der Waals surface area contributed by atoms with Gasteiger partial charge in [-0.15, -0.1) is 0 Å². The minimum atomic E-state index is -1.55. The largest absolute Gasteiger partial charge is 0.481 e. The number of nitrogens with two attached hydrogens (primary N) is 1. The van der Waals surface area contributed by atoms with Gasteiger partial charge in [-0.2, -0.15) is 20.8 Å². The molecule has 0 heterocycles.